The van der Waals surface area contributed by atoms with E-state index in [0.29, 0.717) is 6.04 Å². The number of benzene rings is 1. The lowest BCUT2D eigenvalue weighted by Crippen LogP contribution is -2.24. The van der Waals surface area contributed by atoms with E-state index in [1.165, 1.54) is 0 Å². The first-order chi connectivity index (χ1) is 9.63. The Balaban J connectivity index is 2.13. The van der Waals surface area contributed by atoms with Crippen LogP contribution in [0.3, 0.4) is 0 Å². The number of aryl methyl sites for hydroxylation is 1. The number of rotatable bonds is 6. The van der Waals surface area contributed by atoms with Crippen LogP contribution in [0, 0.1) is 6.92 Å². The molecule has 0 aliphatic carbocycles. The van der Waals surface area contributed by atoms with Crippen LogP contribution in [-0.2, 0) is 6.54 Å². The van der Waals surface area contributed by atoms with Crippen molar-refractivity contribution >= 4 is 0 Å². The highest BCUT2D eigenvalue weighted by Gasteiger charge is 2.09. The van der Waals surface area contributed by atoms with Gasteiger partial charge in [-0.25, -0.2) is 4.98 Å². The summed E-state index contributed by atoms with van der Waals surface area (Å²) in [6, 6.07) is 8.49. The van der Waals surface area contributed by atoms with E-state index < -0.39 is 0 Å². The number of nitrogens with one attached hydrogen (secondary N) is 2. The molecule has 1 heterocycles. The fourth-order valence-corrected chi connectivity index (χ4v) is 2.05. The molecule has 108 valence electrons. The number of nitrogens with zero attached hydrogens (tertiary/aromatic N) is 1. The predicted molar refractivity (Wildman–Crippen MR) is 81.9 cm³/mol. The summed E-state index contributed by atoms with van der Waals surface area (Å²) >= 11 is 0. The molecule has 0 saturated carbocycles. The van der Waals surface area contributed by atoms with Crippen molar-refractivity contribution in [3.8, 4) is 17.0 Å². The molecule has 0 amide bonds. The number of H-pyrrole nitrogens is 1. The first kappa shape index (κ1) is 14.6. The van der Waals surface area contributed by atoms with Gasteiger partial charge in [0.2, 0.25) is 0 Å². The minimum absolute atomic E-state index is 0.504. The number of methoxy groups -OCH3 is 1. The third kappa shape index (κ3) is 3.39. The van der Waals surface area contributed by atoms with E-state index in [9.17, 15) is 0 Å². The molecule has 0 fully saturated rings. The van der Waals surface area contributed by atoms with Gasteiger partial charge in [-0.1, -0.05) is 6.92 Å². The Morgan fingerprint density at radius 2 is 2.00 bits per heavy atom. The topological polar surface area (TPSA) is 49.9 Å². The molecular weight excluding hydrogens is 250 g/mol. The maximum absolute atomic E-state index is 5.18. The molecule has 4 nitrogen and oxygen atoms in total. The molecule has 0 radical (unpaired) electrons. The first-order valence-corrected chi connectivity index (χ1v) is 7.07. The summed E-state index contributed by atoms with van der Waals surface area (Å²) in [5.74, 6) is 1.84. The van der Waals surface area contributed by atoms with Gasteiger partial charge in [-0.15, -0.1) is 0 Å². The Morgan fingerprint density at radius 3 is 2.60 bits per heavy atom. The van der Waals surface area contributed by atoms with Gasteiger partial charge in [0, 0.05) is 17.3 Å². The molecule has 2 rings (SSSR count). The van der Waals surface area contributed by atoms with E-state index in [0.717, 1.165) is 41.5 Å². The molecule has 0 bridgehead atoms. The maximum atomic E-state index is 5.18. The molecule has 1 unspecified atom stereocenters. The summed E-state index contributed by atoms with van der Waals surface area (Å²) in [7, 11) is 1.67. The van der Waals surface area contributed by atoms with Crippen molar-refractivity contribution in [2.24, 2.45) is 0 Å². The van der Waals surface area contributed by atoms with E-state index in [1.807, 2.05) is 24.3 Å². The van der Waals surface area contributed by atoms with E-state index in [2.05, 4.69) is 36.1 Å². The molecule has 4 heteroatoms. The summed E-state index contributed by atoms with van der Waals surface area (Å²) in [6.07, 6.45) is 1.12. The summed E-state index contributed by atoms with van der Waals surface area (Å²) < 4.78 is 5.18. The number of aromatic amines is 1. The number of imidazole rings is 1. The molecule has 1 aromatic carbocycles. The van der Waals surface area contributed by atoms with Crippen molar-refractivity contribution in [3.05, 3.63) is 35.8 Å². The van der Waals surface area contributed by atoms with Crippen LogP contribution in [0.15, 0.2) is 24.3 Å². The van der Waals surface area contributed by atoms with Crippen LogP contribution < -0.4 is 10.1 Å². The Bertz CT molecular complexity index is 545. The van der Waals surface area contributed by atoms with Crippen molar-refractivity contribution in [1.82, 2.24) is 15.3 Å². The highest BCUT2D eigenvalue weighted by molar-refractivity contribution is 5.62. The lowest BCUT2D eigenvalue weighted by atomic mass is 10.1. The Kier molecular flexibility index (Phi) is 4.79. The second kappa shape index (κ2) is 6.57. The molecule has 1 aromatic heterocycles. The van der Waals surface area contributed by atoms with Crippen LogP contribution in [0.25, 0.3) is 11.3 Å². The van der Waals surface area contributed by atoms with E-state index >= 15 is 0 Å². The van der Waals surface area contributed by atoms with E-state index in [1.54, 1.807) is 7.11 Å². The molecule has 1 atom stereocenters. The Hall–Kier alpha value is -1.81. The van der Waals surface area contributed by atoms with Gasteiger partial charge in [0.1, 0.15) is 11.6 Å². The molecule has 2 N–H and O–H groups in total. The number of ether oxygens (including phenoxy) is 1. The number of hydrogen-bond acceptors (Lipinski definition) is 3. The van der Waals surface area contributed by atoms with E-state index in [4.69, 9.17) is 4.74 Å². The predicted octanol–water partition coefficient (Wildman–Crippen LogP) is 3.28. The second-order valence-corrected chi connectivity index (χ2v) is 5.08. The zero-order valence-electron chi connectivity index (χ0n) is 12.7. The quantitative estimate of drug-likeness (QED) is 0.849. The molecule has 2 aromatic rings. The van der Waals surface area contributed by atoms with Gasteiger partial charge < -0.3 is 15.0 Å². The van der Waals surface area contributed by atoms with E-state index in [-0.39, 0.29) is 0 Å². The molecule has 0 aliphatic heterocycles. The van der Waals surface area contributed by atoms with Gasteiger partial charge in [-0.05, 0) is 44.5 Å². The van der Waals surface area contributed by atoms with Crippen molar-refractivity contribution in [3.63, 3.8) is 0 Å². The number of hydrogen-bond donors (Lipinski definition) is 2. The van der Waals surface area contributed by atoms with Gasteiger partial charge in [0.05, 0.1) is 19.3 Å². The van der Waals surface area contributed by atoms with Gasteiger partial charge in [0.15, 0.2) is 0 Å². The first-order valence-electron chi connectivity index (χ1n) is 7.07. The SMILES string of the molecule is CCC(C)NCc1nc(-c2ccc(OC)cc2)c(C)[nH]1. The summed E-state index contributed by atoms with van der Waals surface area (Å²) in [5, 5.41) is 3.45. The standard InChI is InChI=1S/C16H23N3O/c1-5-11(2)17-10-15-18-12(3)16(19-15)13-6-8-14(20-4)9-7-13/h6-9,11,17H,5,10H2,1-4H3,(H,18,19). The normalized spacial score (nSPS) is 12.4. The fourth-order valence-electron chi connectivity index (χ4n) is 2.05. The van der Waals surface area contributed by atoms with Crippen molar-refractivity contribution in [2.45, 2.75) is 39.8 Å². The lowest BCUT2D eigenvalue weighted by molar-refractivity contribution is 0.415. The van der Waals surface area contributed by atoms with Gasteiger partial charge in [-0.2, -0.15) is 0 Å². The van der Waals surface area contributed by atoms with Crippen molar-refractivity contribution in [1.29, 1.82) is 0 Å². The van der Waals surface area contributed by atoms with Crippen LogP contribution in [0.5, 0.6) is 5.75 Å². The molecule has 0 aliphatic rings. The van der Waals surface area contributed by atoms with Gasteiger partial charge in [0.25, 0.3) is 0 Å². The molecule has 0 spiro atoms. The Morgan fingerprint density at radius 1 is 1.30 bits per heavy atom. The largest absolute Gasteiger partial charge is 0.497 e. The molecular formula is C16H23N3O. The second-order valence-electron chi connectivity index (χ2n) is 5.08. The van der Waals surface area contributed by atoms with Gasteiger partial charge in [-0.3, -0.25) is 0 Å². The third-order valence-corrected chi connectivity index (χ3v) is 3.53. The monoisotopic (exact) mass is 273 g/mol. The minimum atomic E-state index is 0.504. The summed E-state index contributed by atoms with van der Waals surface area (Å²) in [4.78, 5) is 8.03. The fraction of sp³-hybridized carbons (Fsp3) is 0.438. The highest BCUT2D eigenvalue weighted by Crippen LogP contribution is 2.23. The van der Waals surface area contributed by atoms with Crippen LogP contribution in [0.2, 0.25) is 0 Å². The summed E-state index contributed by atoms with van der Waals surface area (Å²) in [6.45, 7) is 7.18. The van der Waals surface area contributed by atoms with Crippen molar-refractivity contribution < 1.29 is 4.74 Å². The zero-order chi connectivity index (χ0) is 14.5. The zero-order valence-corrected chi connectivity index (χ0v) is 12.7. The number of aromatic nitrogens is 2. The lowest BCUT2D eigenvalue weighted by Gasteiger charge is -2.08. The molecule has 20 heavy (non-hydrogen) atoms. The highest BCUT2D eigenvalue weighted by atomic mass is 16.5. The summed E-state index contributed by atoms with van der Waals surface area (Å²) in [5.41, 5.74) is 3.21. The van der Waals surface area contributed by atoms with Gasteiger partial charge >= 0.3 is 0 Å². The van der Waals surface area contributed by atoms with Crippen LogP contribution in [0.1, 0.15) is 31.8 Å². The van der Waals surface area contributed by atoms with Crippen LogP contribution >= 0.6 is 0 Å². The minimum Gasteiger partial charge on any atom is -0.497 e. The van der Waals surface area contributed by atoms with Crippen molar-refractivity contribution in [2.75, 3.05) is 7.11 Å². The molecule has 0 saturated heterocycles. The van der Waals surface area contributed by atoms with Crippen LogP contribution in [0.4, 0.5) is 0 Å². The average Bonchev–Trinajstić information content (AvgIpc) is 2.86. The third-order valence-electron chi connectivity index (χ3n) is 3.53. The average molecular weight is 273 g/mol. The smallest absolute Gasteiger partial charge is 0.121 e. The maximum Gasteiger partial charge on any atom is 0.121 e. The van der Waals surface area contributed by atoms with Crippen LogP contribution in [-0.4, -0.2) is 23.1 Å². The Labute approximate surface area is 120 Å².